The van der Waals surface area contributed by atoms with E-state index in [9.17, 15) is 14.4 Å². The van der Waals surface area contributed by atoms with E-state index >= 15 is 0 Å². The van der Waals surface area contributed by atoms with Gasteiger partial charge in [-0.05, 0) is 5.92 Å². The van der Waals surface area contributed by atoms with Crippen molar-refractivity contribution in [3.05, 3.63) is 0 Å². The standard InChI is InChI=1S/C10H14O5/c1-14-9(12)5-8(10(13)15-2)6-3-7(11)4-6/h6,8H,3-5H2,1-2H3. The Bertz CT molecular complexity index is 276. The van der Waals surface area contributed by atoms with Crippen molar-refractivity contribution in [3.8, 4) is 0 Å². The van der Waals surface area contributed by atoms with Gasteiger partial charge in [-0.2, -0.15) is 0 Å². The quantitative estimate of drug-likeness (QED) is 0.630. The van der Waals surface area contributed by atoms with E-state index in [-0.39, 0.29) is 18.1 Å². The van der Waals surface area contributed by atoms with Gasteiger partial charge in [0, 0.05) is 12.8 Å². The number of ether oxygens (including phenoxy) is 2. The lowest BCUT2D eigenvalue weighted by molar-refractivity contribution is -0.156. The minimum atomic E-state index is -0.542. The van der Waals surface area contributed by atoms with Crippen LogP contribution in [-0.2, 0) is 23.9 Å². The van der Waals surface area contributed by atoms with Gasteiger partial charge in [-0.15, -0.1) is 0 Å². The van der Waals surface area contributed by atoms with Gasteiger partial charge in [-0.1, -0.05) is 0 Å². The Morgan fingerprint density at radius 3 is 2.33 bits per heavy atom. The fourth-order valence-corrected chi connectivity index (χ4v) is 1.67. The largest absolute Gasteiger partial charge is 0.469 e. The van der Waals surface area contributed by atoms with E-state index in [2.05, 4.69) is 9.47 Å². The Balaban J connectivity index is 2.57. The molecule has 1 rings (SSSR count). The number of Topliss-reactive ketones (excluding diaryl/α,β-unsaturated/α-hetero) is 1. The molecule has 0 amide bonds. The van der Waals surface area contributed by atoms with Crippen LogP contribution in [0.5, 0.6) is 0 Å². The van der Waals surface area contributed by atoms with Crippen molar-refractivity contribution in [3.63, 3.8) is 0 Å². The monoisotopic (exact) mass is 214 g/mol. The molecule has 1 fully saturated rings. The molecule has 0 N–H and O–H groups in total. The normalized spacial score (nSPS) is 17.9. The Labute approximate surface area is 87.7 Å². The second kappa shape index (κ2) is 4.91. The van der Waals surface area contributed by atoms with Crippen molar-refractivity contribution in [2.24, 2.45) is 11.8 Å². The molecular weight excluding hydrogens is 200 g/mol. The lowest BCUT2D eigenvalue weighted by Crippen LogP contribution is -2.36. The molecule has 1 atom stereocenters. The molecule has 0 heterocycles. The molecule has 0 radical (unpaired) electrons. The van der Waals surface area contributed by atoms with Crippen molar-refractivity contribution in [2.45, 2.75) is 19.3 Å². The van der Waals surface area contributed by atoms with Gasteiger partial charge in [-0.3, -0.25) is 14.4 Å². The summed E-state index contributed by atoms with van der Waals surface area (Å²) in [4.78, 5) is 33.2. The first-order valence-electron chi connectivity index (χ1n) is 4.74. The van der Waals surface area contributed by atoms with Crippen molar-refractivity contribution in [2.75, 3.05) is 14.2 Å². The van der Waals surface area contributed by atoms with Gasteiger partial charge in [0.2, 0.25) is 0 Å². The van der Waals surface area contributed by atoms with Gasteiger partial charge in [0.1, 0.15) is 5.78 Å². The molecule has 0 aromatic heterocycles. The van der Waals surface area contributed by atoms with E-state index < -0.39 is 17.9 Å². The molecule has 0 saturated heterocycles. The maximum absolute atomic E-state index is 11.4. The zero-order valence-electron chi connectivity index (χ0n) is 8.82. The van der Waals surface area contributed by atoms with Crippen LogP contribution in [0.1, 0.15) is 19.3 Å². The Morgan fingerprint density at radius 1 is 1.33 bits per heavy atom. The predicted molar refractivity (Wildman–Crippen MR) is 49.9 cm³/mol. The Morgan fingerprint density at radius 2 is 1.93 bits per heavy atom. The molecule has 5 heteroatoms. The summed E-state index contributed by atoms with van der Waals surface area (Å²) >= 11 is 0. The SMILES string of the molecule is COC(=O)CC(C(=O)OC)C1CC(=O)C1. The molecule has 0 aromatic carbocycles. The van der Waals surface area contributed by atoms with Crippen LogP contribution in [0.25, 0.3) is 0 Å². The van der Waals surface area contributed by atoms with Crippen LogP contribution >= 0.6 is 0 Å². The maximum atomic E-state index is 11.4. The van der Waals surface area contributed by atoms with Crippen molar-refractivity contribution < 1.29 is 23.9 Å². The summed E-state index contributed by atoms with van der Waals surface area (Å²) in [5, 5.41) is 0. The molecular formula is C10H14O5. The Hall–Kier alpha value is -1.39. The molecule has 15 heavy (non-hydrogen) atoms. The van der Waals surface area contributed by atoms with E-state index in [1.807, 2.05) is 0 Å². The highest BCUT2D eigenvalue weighted by atomic mass is 16.5. The number of methoxy groups -OCH3 is 2. The van der Waals surface area contributed by atoms with Gasteiger partial charge in [0.25, 0.3) is 0 Å². The third-order valence-corrected chi connectivity index (χ3v) is 2.67. The van der Waals surface area contributed by atoms with Crippen LogP contribution in [-0.4, -0.2) is 31.9 Å². The zero-order valence-corrected chi connectivity index (χ0v) is 8.82. The molecule has 1 unspecified atom stereocenters. The number of hydrogen-bond acceptors (Lipinski definition) is 5. The summed E-state index contributed by atoms with van der Waals surface area (Å²) in [7, 11) is 2.54. The van der Waals surface area contributed by atoms with Gasteiger partial charge >= 0.3 is 11.9 Å². The first-order valence-corrected chi connectivity index (χ1v) is 4.74. The fraction of sp³-hybridized carbons (Fsp3) is 0.700. The smallest absolute Gasteiger partial charge is 0.309 e. The summed E-state index contributed by atoms with van der Waals surface area (Å²) in [5.41, 5.74) is 0. The van der Waals surface area contributed by atoms with Crippen LogP contribution in [0.3, 0.4) is 0 Å². The fourth-order valence-electron chi connectivity index (χ4n) is 1.67. The second-order valence-corrected chi connectivity index (χ2v) is 3.62. The molecule has 1 aliphatic carbocycles. The number of carbonyl (C=O) groups is 3. The average molecular weight is 214 g/mol. The topological polar surface area (TPSA) is 69.7 Å². The molecule has 0 bridgehead atoms. The van der Waals surface area contributed by atoms with Crippen molar-refractivity contribution in [1.82, 2.24) is 0 Å². The van der Waals surface area contributed by atoms with E-state index in [0.717, 1.165) is 0 Å². The van der Waals surface area contributed by atoms with Crippen molar-refractivity contribution in [1.29, 1.82) is 0 Å². The van der Waals surface area contributed by atoms with Crippen LogP contribution in [0.2, 0.25) is 0 Å². The summed E-state index contributed by atoms with van der Waals surface area (Å²) in [5.74, 6) is -1.38. The summed E-state index contributed by atoms with van der Waals surface area (Å²) < 4.78 is 9.08. The van der Waals surface area contributed by atoms with Gasteiger partial charge in [0.05, 0.1) is 26.6 Å². The van der Waals surface area contributed by atoms with Gasteiger partial charge in [-0.25, -0.2) is 0 Å². The number of ketones is 1. The molecule has 5 nitrogen and oxygen atoms in total. The number of hydrogen-bond donors (Lipinski definition) is 0. The Kier molecular flexibility index (Phi) is 3.82. The van der Waals surface area contributed by atoms with Crippen LogP contribution in [0.15, 0.2) is 0 Å². The molecule has 1 aliphatic rings. The number of carbonyl (C=O) groups excluding carboxylic acids is 3. The molecule has 84 valence electrons. The highest BCUT2D eigenvalue weighted by molar-refractivity contribution is 5.88. The van der Waals surface area contributed by atoms with Crippen molar-refractivity contribution >= 4 is 17.7 Å². The van der Waals surface area contributed by atoms with Crippen LogP contribution in [0, 0.1) is 11.8 Å². The van der Waals surface area contributed by atoms with E-state index in [1.54, 1.807) is 0 Å². The second-order valence-electron chi connectivity index (χ2n) is 3.62. The summed E-state index contributed by atoms with van der Waals surface area (Å²) in [6.07, 6.45) is 0.703. The zero-order chi connectivity index (χ0) is 11.4. The molecule has 0 aromatic rings. The van der Waals surface area contributed by atoms with Gasteiger partial charge < -0.3 is 9.47 Å². The lowest BCUT2D eigenvalue weighted by atomic mass is 9.73. The summed E-state index contributed by atoms with van der Waals surface area (Å²) in [6.45, 7) is 0. The van der Waals surface area contributed by atoms with Gasteiger partial charge in [0.15, 0.2) is 0 Å². The first kappa shape index (κ1) is 11.7. The first-order chi connectivity index (χ1) is 7.08. The highest BCUT2D eigenvalue weighted by Gasteiger charge is 2.39. The predicted octanol–water partition coefficient (Wildman–Crippen LogP) is 0.318. The van der Waals surface area contributed by atoms with E-state index in [0.29, 0.717) is 12.8 Å². The molecule has 0 aliphatic heterocycles. The molecule has 0 spiro atoms. The minimum absolute atomic E-state index is 0.0128. The highest BCUT2D eigenvalue weighted by Crippen LogP contribution is 2.33. The average Bonchev–Trinajstić information content (AvgIpc) is 2.20. The summed E-state index contributed by atoms with van der Waals surface area (Å²) in [6, 6.07) is 0. The maximum Gasteiger partial charge on any atom is 0.309 e. The number of rotatable bonds is 4. The van der Waals surface area contributed by atoms with E-state index in [4.69, 9.17) is 0 Å². The van der Waals surface area contributed by atoms with Crippen LogP contribution < -0.4 is 0 Å². The lowest BCUT2D eigenvalue weighted by Gasteiger charge is -2.29. The third kappa shape index (κ3) is 2.78. The van der Waals surface area contributed by atoms with E-state index in [1.165, 1.54) is 14.2 Å². The molecule has 1 saturated carbocycles. The third-order valence-electron chi connectivity index (χ3n) is 2.67. The minimum Gasteiger partial charge on any atom is -0.469 e. The number of esters is 2. The van der Waals surface area contributed by atoms with Crippen LogP contribution in [0.4, 0.5) is 0 Å².